The van der Waals surface area contributed by atoms with E-state index in [9.17, 15) is 0 Å². The van der Waals surface area contributed by atoms with E-state index >= 15 is 0 Å². The predicted octanol–water partition coefficient (Wildman–Crippen LogP) is 16.8. The smallest absolute Gasteiger partial charge is 0.0541 e. The maximum atomic E-state index is 4.22. The first kappa shape index (κ1) is 40.7. The van der Waals surface area contributed by atoms with Crippen LogP contribution in [0, 0.1) is 26.7 Å². The lowest BCUT2D eigenvalue weighted by Gasteiger charge is -2.23. The third-order valence-electron chi connectivity index (χ3n) is 11.7. The Bertz CT molecular complexity index is 2790. The van der Waals surface area contributed by atoms with E-state index in [4.69, 9.17) is 0 Å². The summed E-state index contributed by atoms with van der Waals surface area (Å²) in [6.45, 7) is 19.4. The Kier molecular flexibility index (Phi) is 12.7. The van der Waals surface area contributed by atoms with Crippen LogP contribution in [0.5, 0.6) is 0 Å². The second-order valence-corrected chi connectivity index (χ2v) is 15.5. The topological polar surface area (TPSA) is 4.93 Å². The molecule has 1 aliphatic rings. The highest BCUT2D eigenvalue weighted by Crippen LogP contribution is 2.40. The number of allylic oxidation sites excluding steroid dienone is 4. The maximum absolute atomic E-state index is 4.22. The average molecular weight is 768 g/mol. The van der Waals surface area contributed by atoms with Crippen molar-refractivity contribution in [1.82, 2.24) is 4.57 Å². The van der Waals surface area contributed by atoms with Gasteiger partial charge in [-0.3, -0.25) is 0 Å². The van der Waals surface area contributed by atoms with Crippen LogP contribution in [0.15, 0.2) is 182 Å². The minimum absolute atomic E-state index is 0.576. The molecule has 0 N–H and O–H groups in total. The molecule has 0 saturated carbocycles. The van der Waals surface area contributed by atoms with Gasteiger partial charge in [0.1, 0.15) is 0 Å². The van der Waals surface area contributed by atoms with Crippen LogP contribution in [0.25, 0.3) is 72.5 Å². The molecule has 0 amide bonds. The van der Waals surface area contributed by atoms with Gasteiger partial charge in [0.05, 0.1) is 11.0 Å². The first-order valence-electron chi connectivity index (χ1n) is 21.3. The lowest BCUT2D eigenvalue weighted by molar-refractivity contribution is 0.664. The molecule has 0 saturated heterocycles. The molecule has 1 atom stereocenters. The molecular formula is C58H57N. The van der Waals surface area contributed by atoms with E-state index in [-0.39, 0.29) is 0 Å². The van der Waals surface area contributed by atoms with E-state index in [1.54, 1.807) is 0 Å². The minimum atomic E-state index is 0.576. The SMILES string of the molecule is C=Cc1cc(-c2ccc(C)c(-c3cc(-c4ccc5c(c4)c4ccccc4n5-c4ccccc4)ccc3C)c2)ccc1C1=C(CC)C(C)CC=C1.CC.Cc1ccccc1. The van der Waals surface area contributed by atoms with Crippen molar-refractivity contribution in [3.8, 4) is 39.1 Å². The van der Waals surface area contributed by atoms with Crippen molar-refractivity contribution >= 4 is 33.5 Å². The summed E-state index contributed by atoms with van der Waals surface area (Å²) in [4.78, 5) is 0. The van der Waals surface area contributed by atoms with Crippen molar-refractivity contribution < 1.29 is 0 Å². The molecule has 0 aliphatic heterocycles. The van der Waals surface area contributed by atoms with Crippen molar-refractivity contribution in [2.75, 3.05) is 0 Å². The molecule has 7 aromatic carbocycles. The molecule has 9 rings (SSSR count). The zero-order valence-electron chi connectivity index (χ0n) is 35.9. The van der Waals surface area contributed by atoms with Crippen LogP contribution in [0.2, 0.25) is 0 Å². The fourth-order valence-electron chi connectivity index (χ4n) is 8.59. The van der Waals surface area contributed by atoms with Crippen LogP contribution < -0.4 is 0 Å². The normalized spacial score (nSPS) is 13.4. The molecule has 59 heavy (non-hydrogen) atoms. The first-order valence-corrected chi connectivity index (χ1v) is 21.3. The number of hydrogen-bond acceptors (Lipinski definition) is 0. The summed E-state index contributed by atoms with van der Waals surface area (Å²) in [5.41, 5.74) is 20.3. The molecule has 1 heterocycles. The number of benzene rings is 7. The molecular weight excluding hydrogens is 711 g/mol. The van der Waals surface area contributed by atoms with Crippen molar-refractivity contribution in [2.24, 2.45) is 5.92 Å². The van der Waals surface area contributed by atoms with Crippen LogP contribution in [0.1, 0.15) is 68.4 Å². The third-order valence-corrected chi connectivity index (χ3v) is 11.7. The fourth-order valence-corrected chi connectivity index (χ4v) is 8.59. The van der Waals surface area contributed by atoms with Gasteiger partial charge in [-0.15, -0.1) is 0 Å². The van der Waals surface area contributed by atoms with Crippen LogP contribution in [-0.2, 0) is 0 Å². The molecule has 0 spiro atoms. The van der Waals surface area contributed by atoms with Crippen LogP contribution in [-0.4, -0.2) is 4.57 Å². The van der Waals surface area contributed by atoms with Crippen LogP contribution >= 0.6 is 0 Å². The Hall–Kier alpha value is -6.44. The number of nitrogens with zero attached hydrogens (tertiary/aromatic N) is 1. The summed E-state index contributed by atoms with van der Waals surface area (Å²) in [5.74, 6) is 0.576. The highest BCUT2D eigenvalue weighted by atomic mass is 15.0. The third kappa shape index (κ3) is 8.43. The predicted molar refractivity (Wildman–Crippen MR) is 259 cm³/mol. The van der Waals surface area contributed by atoms with E-state index in [1.807, 2.05) is 38.1 Å². The number of aromatic nitrogens is 1. The summed E-state index contributed by atoms with van der Waals surface area (Å²) in [6.07, 6.45) is 8.85. The van der Waals surface area contributed by atoms with Gasteiger partial charge in [0.2, 0.25) is 0 Å². The van der Waals surface area contributed by atoms with E-state index in [0.29, 0.717) is 5.92 Å². The van der Waals surface area contributed by atoms with E-state index in [1.165, 1.54) is 99.8 Å². The summed E-state index contributed by atoms with van der Waals surface area (Å²) in [6, 6.07) is 57.3. The summed E-state index contributed by atoms with van der Waals surface area (Å²) in [7, 11) is 0. The Morgan fingerprint density at radius 3 is 1.73 bits per heavy atom. The van der Waals surface area contributed by atoms with Gasteiger partial charge < -0.3 is 4.57 Å². The van der Waals surface area contributed by atoms with E-state index in [0.717, 1.165) is 12.8 Å². The van der Waals surface area contributed by atoms with Gasteiger partial charge in [-0.05, 0) is 149 Å². The van der Waals surface area contributed by atoms with Crippen molar-refractivity contribution in [2.45, 2.75) is 61.3 Å². The second-order valence-electron chi connectivity index (χ2n) is 15.5. The Balaban J connectivity index is 0.000000527. The number of fused-ring (bicyclic) bond motifs is 3. The molecule has 1 aromatic heterocycles. The maximum Gasteiger partial charge on any atom is 0.0541 e. The van der Waals surface area contributed by atoms with Crippen LogP contribution in [0.3, 0.4) is 0 Å². The highest BCUT2D eigenvalue weighted by Gasteiger charge is 2.19. The number of hydrogen-bond donors (Lipinski definition) is 0. The Morgan fingerprint density at radius 1 is 0.576 bits per heavy atom. The molecule has 0 bridgehead atoms. The Labute approximate surface area is 352 Å². The molecule has 0 radical (unpaired) electrons. The number of aryl methyl sites for hydroxylation is 3. The quantitative estimate of drug-likeness (QED) is 0.152. The fraction of sp³-hybridized carbons (Fsp3) is 0.172. The van der Waals surface area contributed by atoms with Gasteiger partial charge in [-0.2, -0.15) is 0 Å². The lowest BCUT2D eigenvalue weighted by Crippen LogP contribution is -2.05. The lowest BCUT2D eigenvalue weighted by atomic mass is 9.82. The van der Waals surface area contributed by atoms with Gasteiger partial charge in [-0.25, -0.2) is 0 Å². The van der Waals surface area contributed by atoms with Gasteiger partial charge in [0, 0.05) is 16.5 Å². The zero-order valence-corrected chi connectivity index (χ0v) is 35.9. The summed E-state index contributed by atoms with van der Waals surface area (Å²) in [5, 5.41) is 2.54. The number of rotatable bonds is 7. The first-order chi connectivity index (χ1) is 28.8. The van der Waals surface area contributed by atoms with Gasteiger partial charge in [-0.1, -0.05) is 173 Å². The van der Waals surface area contributed by atoms with E-state index in [2.05, 4.69) is 197 Å². The summed E-state index contributed by atoms with van der Waals surface area (Å²) < 4.78 is 2.38. The molecule has 294 valence electrons. The zero-order chi connectivity index (χ0) is 41.5. The largest absolute Gasteiger partial charge is 0.309 e. The van der Waals surface area contributed by atoms with E-state index < -0.39 is 0 Å². The minimum Gasteiger partial charge on any atom is -0.309 e. The standard InChI is InChI=1S/C49H43N.C7H8.C2H6/c1-6-35-28-36(24-26-42(35)43-18-13-14-32(3)41(43)7-2)37-22-20-33(4)45(29-37)46-30-38(23-21-34(46)5)39-25-27-49-47(31-39)44-17-11-12-19-48(44)50(49)40-15-9-8-10-16-40;1-7-5-3-2-4-6-7;1-2/h6,8-13,15-32H,1,7,14H2,2-5H3;2-6H,1H3;1-2H3. The molecule has 1 heteroatoms. The number of para-hydroxylation sites is 2. The Morgan fingerprint density at radius 2 is 1.12 bits per heavy atom. The second kappa shape index (κ2) is 18.4. The summed E-state index contributed by atoms with van der Waals surface area (Å²) >= 11 is 0. The van der Waals surface area contributed by atoms with Gasteiger partial charge in [0.25, 0.3) is 0 Å². The molecule has 8 aromatic rings. The molecule has 1 unspecified atom stereocenters. The monoisotopic (exact) mass is 767 g/mol. The van der Waals surface area contributed by atoms with Gasteiger partial charge >= 0.3 is 0 Å². The molecule has 1 aliphatic carbocycles. The highest BCUT2D eigenvalue weighted by molar-refractivity contribution is 6.10. The van der Waals surface area contributed by atoms with Crippen molar-refractivity contribution in [3.63, 3.8) is 0 Å². The van der Waals surface area contributed by atoms with Gasteiger partial charge in [0.15, 0.2) is 0 Å². The van der Waals surface area contributed by atoms with Crippen molar-refractivity contribution in [1.29, 1.82) is 0 Å². The molecule has 0 fully saturated rings. The average Bonchev–Trinajstić information content (AvgIpc) is 3.62. The molecule has 1 nitrogen and oxygen atoms in total. The van der Waals surface area contributed by atoms with Crippen LogP contribution in [0.4, 0.5) is 0 Å². The van der Waals surface area contributed by atoms with Crippen molar-refractivity contribution in [3.05, 3.63) is 210 Å².